The molecule has 2 N–H and O–H groups in total. The van der Waals surface area contributed by atoms with Gasteiger partial charge in [0.15, 0.2) is 11.6 Å². The van der Waals surface area contributed by atoms with E-state index in [0.29, 0.717) is 41.4 Å². The summed E-state index contributed by atoms with van der Waals surface area (Å²) >= 11 is 1.54. The second-order valence-corrected chi connectivity index (χ2v) is 10.1. The molecule has 0 fully saturated rings. The first kappa shape index (κ1) is 33.8. The molecule has 0 saturated carbocycles. The van der Waals surface area contributed by atoms with Gasteiger partial charge in [-0.05, 0) is 63.0 Å². The Morgan fingerprint density at radius 1 is 1.07 bits per heavy atom. The Labute approximate surface area is 259 Å². The van der Waals surface area contributed by atoms with E-state index < -0.39 is 6.09 Å². The number of thiazole rings is 1. The van der Waals surface area contributed by atoms with Crippen molar-refractivity contribution in [3.8, 4) is 22.2 Å². The number of nitrogens with one attached hydrogen (secondary N) is 2. The van der Waals surface area contributed by atoms with Crippen molar-refractivity contribution < 1.29 is 28.2 Å². The number of aromatic nitrogens is 3. The van der Waals surface area contributed by atoms with Gasteiger partial charge in [-0.2, -0.15) is 0 Å². The minimum absolute atomic E-state index is 0.347. The second-order valence-electron chi connectivity index (χ2n) is 9.08. The number of benzene rings is 3. The number of rotatable bonds is 4. The van der Waals surface area contributed by atoms with E-state index in [1.807, 2.05) is 47.0 Å². The number of carbonyl (C=O) groups is 2. The highest BCUT2D eigenvalue weighted by Gasteiger charge is 2.24. The van der Waals surface area contributed by atoms with E-state index in [9.17, 15) is 14.0 Å². The van der Waals surface area contributed by atoms with E-state index in [1.54, 1.807) is 48.9 Å². The summed E-state index contributed by atoms with van der Waals surface area (Å²) in [5, 5.41) is 6.01. The van der Waals surface area contributed by atoms with Gasteiger partial charge in [0.05, 0.1) is 48.3 Å². The average molecular weight is 622 g/mol. The SMILES string of the molecule is CC.CNC.COC(=O)Nc1ccc(C=O)cc1.COc1cnc2c(-c3nc4cc(F)c5c(c4s3)CCO5)cc(C)cc2n1. The summed E-state index contributed by atoms with van der Waals surface area (Å²) < 4.78 is 30.2. The summed E-state index contributed by atoms with van der Waals surface area (Å²) in [4.78, 5) is 34.7. The highest BCUT2D eigenvalue weighted by atomic mass is 32.1. The maximum Gasteiger partial charge on any atom is 0.411 e. The third-order valence-corrected chi connectivity index (χ3v) is 7.13. The summed E-state index contributed by atoms with van der Waals surface area (Å²) in [6, 6.07) is 11.9. The molecule has 0 atom stereocenters. The Bertz CT molecular complexity index is 1730. The molecule has 232 valence electrons. The van der Waals surface area contributed by atoms with Gasteiger partial charge in [-0.25, -0.2) is 24.1 Å². The molecule has 0 aliphatic carbocycles. The number of hydrogen-bond acceptors (Lipinski definition) is 10. The molecular weight excluding hydrogens is 585 g/mol. The molecule has 1 amide bonds. The molecule has 6 rings (SSSR count). The fourth-order valence-corrected chi connectivity index (χ4v) is 5.29. The largest absolute Gasteiger partial charge is 0.490 e. The van der Waals surface area contributed by atoms with Crippen molar-refractivity contribution in [1.82, 2.24) is 20.3 Å². The van der Waals surface area contributed by atoms with Crippen molar-refractivity contribution in [2.45, 2.75) is 27.2 Å². The van der Waals surface area contributed by atoms with Crippen molar-refractivity contribution in [2.75, 3.05) is 40.2 Å². The summed E-state index contributed by atoms with van der Waals surface area (Å²) in [5.41, 5.74) is 6.17. The third-order valence-electron chi connectivity index (χ3n) is 5.97. The Morgan fingerprint density at radius 3 is 2.41 bits per heavy atom. The molecule has 2 aromatic heterocycles. The zero-order chi connectivity index (χ0) is 32.2. The summed E-state index contributed by atoms with van der Waals surface area (Å²) in [6.07, 6.45) is 2.51. The Balaban J connectivity index is 0.000000248. The molecule has 0 radical (unpaired) electrons. The molecule has 0 unspecified atom stereocenters. The Morgan fingerprint density at radius 2 is 1.77 bits per heavy atom. The van der Waals surface area contributed by atoms with Crippen molar-refractivity contribution in [3.63, 3.8) is 0 Å². The first-order valence-corrected chi connectivity index (χ1v) is 14.7. The summed E-state index contributed by atoms with van der Waals surface area (Å²) in [6.45, 7) is 6.51. The van der Waals surface area contributed by atoms with Crippen molar-refractivity contribution in [1.29, 1.82) is 0 Å². The first-order chi connectivity index (χ1) is 21.3. The minimum Gasteiger partial charge on any atom is -0.490 e. The third kappa shape index (κ3) is 8.03. The highest BCUT2D eigenvalue weighted by molar-refractivity contribution is 7.22. The lowest BCUT2D eigenvalue weighted by molar-refractivity contribution is 0.112. The molecule has 12 heteroatoms. The normalized spacial score (nSPS) is 11.0. The van der Waals surface area contributed by atoms with E-state index in [4.69, 9.17) is 9.47 Å². The van der Waals surface area contributed by atoms with Crippen LogP contribution < -0.4 is 20.1 Å². The molecule has 1 aliphatic heterocycles. The van der Waals surface area contributed by atoms with E-state index in [2.05, 4.69) is 30.3 Å². The summed E-state index contributed by atoms with van der Waals surface area (Å²) in [7, 11) is 6.60. The molecule has 3 aromatic carbocycles. The van der Waals surface area contributed by atoms with Gasteiger partial charge in [0, 0.05) is 34.9 Å². The van der Waals surface area contributed by atoms with E-state index in [1.165, 1.54) is 13.2 Å². The van der Waals surface area contributed by atoms with Crippen LogP contribution in [0.5, 0.6) is 11.6 Å². The molecule has 0 spiro atoms. The van der Waals surface area contributed by atoms with Crippen LogP contribution in [-0.2, 0) is 11.2 Å². The van der Waals surface area contributed by atoms with Crippen LogP contribution in [0.2, 0.25) is 0 Å². The predicted molar refractivity (Wildman–Crippen MR) is 173 cm³/mol. The van der Waals surface area contributed by atoms with Crippen LogP contribution in [0.1, 0.15) is 35.3 Å². The molecule has 0 saturated heterocycles. The van der Waals surface area contributed by atoms with Gasteiger partial charge in [0.1, 0.15) is 11.3 Å². The quantitative estimate of drug-likeness (QED) is 0.208. The average Bonchev–Trinajstić information content (AvgIpc) is 3.70. The standard InChI is InChI=1S/C19H14FN3O2S.C9H9NO3.C2H7N.C2H6/c1-9-5-11(16-13(6-9)22-15(24-2)8-21-16)19-23-14-7-12(20)17-10(3-4-25-17)18(14)26-19;1-13-9(12)10-8-4-2-7(6-11)3-5-8;1-3-2;1-2/h5-8H,3-4H2,1-2H3;2-6H,1H3,(H,10,12);3H,1-2H3;1-2H3. The fourth-order valence-electron chi connectivity index (χ4n) is 4.16. The van der Waals surface area contributed by atoms with Crippen molar-refractivity contribution in [3.05, 3.63) is 71.2 Å². The van der Waals surface area contributed by atoms with Crippen LogP contribution >= 0.6 is 11.3 Å². The molecule has 0 bridgehead atoms. The van der Waals surface area contributed by atoms with Crippen LogP contribution in [0.15, 0.2) is 48.7 Å². The van der Waals surface area contributed by atoms with Crippen LogP contribution in [0, 0.1) is 12.7 Å². The maximum absolute atomic E-state index is 14.2. The lowest BCUT2D eigenvalue weighted by Gasteiger charge is -2.06. The number of aryl methyl sites for hydroxylation is 1. The minimum atomic E-state index is -0.529. The van der Waals surface area contributed by atoms with Crippen LogP contribution in [0.3, 0.4) is 0 Å². The van der Waals surface area contributed by atoms with Crippen molar-refractivity contribution in [2.24, 2.45) is 0 Å². The number of nitrogens with zero attached hydrogens (tertiary/aromatic N) is 3. The number of methoxy groups -OCH3 is 2. The van der Waals surface area contributed by atoms with Crippen LogP contribution in [-0.4, -0.2) is 62.3 Å². The topological polar surface area (TPSA) is 125 Å². The monoisotopic (exact) mass is 621 g/mol. The Hall–Kier alpha value is -4.68. The van der Waals surface area contributed by atoms with E-state index in [-0.39, 0.29) is 5.82 Å². The lowest BCUT2D eigenvalue weighted by Crippen LogP contribution is -2.10. The van der Waals surface area contributed by atoms with Gasteiger partial charge < -0.3 is 19.5 Å². The van der Waals surface area contributed by atoms with E-state index in [0.717, 1.165) is 43.7 Å². The number of anilines is 1. The smallest absolute Gasteiger partial charge is 0.411 e. The van der Waals surface area contributed by atoms with Crippen LogP contribution in [0.4, 0.5) is 14.9 Å². The fraction of sp³-hybridized carbons (Fsp3) is 0.281. The number of halogens is 1. The second kappa shape index (κ2) is 16.2. The molecule has 44 heavy (non-hydrogen) atoms. The zero-order valence-electron chi connectivity index (χ0n) is 25.8. The number of fused-ring (bicyclic) bond motifs is 4. The van der Waals surface area contributed by atoms with E-state index >= 15 is 0 Å². The molecule has 10 nitrogen and oxygen atoms in total. The van der Waals surface area contributed by atoms with Gasteiger partial charge in [0.2, 0.25) is 5.88 Å². The molecule has 3 heterocycles. The zero-order valence-corrected chi connectivity index (χ0v) is 26.6. The maximum atomic E-state index is 14.2. The molecular formula is C32H36FN5O5S. The van der Waals surface area contributed by atoms with Gasteiger partial charge in [-0.3, -0.25) is 10.1 Å². The van der Waals surface area contributed by atoms with Gasteiger partial charge in [-0.15, -0.1) is 11.3 Å². The Kier molecular flexibility index (Phi) is 12.5. The predicted octanol–water partition coefficient (Wildman–Crippen LogP) is 6.84. The molecule has 5 aromatic rings. The lowest BCUT2D eigenvalue weighted by atomic mass is 10.1. The van der Waals surface area contributed by atoms with Gasteiger partial charge >= 0.3 is 6.09 Å². The number of carbonyl (C=O) groups excluding carboxylic acids is 2. The first-order valence-electron chi connectivity index (χ1n) is 13.9. The summed E-state index contributed by atoms with van der Waals surface area (Å²) in [5.74, 6) is 0.488. The number of aldehydes is 1. The number of ether oxygens (including phenoxy) is 3. The highest BCUT2D eigenvalue weighted by Crippen LogP contribution is 2.41. The van der Waals surface area contributed by atoms with Gasteiger partial charge in [-0.1, -0.05) is 13.8 Å². The van der Waals surface area contributed by atoms with Gasteiger partial charge in [0.25, 0.3) is 0 Å². The van der Waals surface area contributed by atoms with Crippen LogP contribution in [0.25, 0.3) is 31.8 Å². The molecule has 1 aliphatic rings. The number of hydrogen-bond donors (Lipinski definition) is 2. The number of amides is 1. The van der Waals surface area contributed by atoms with Crippen molar-refractivity contribution >= 4 is 50.7 Å².